The zero-order valence-electron chi connectivity index (χ0n) is 10.6. The van der Waals surface area contributed by atoms with Gasteiger partial charge in [-0.05, 0) is 11.3 Å². The van der Waals surface area contributed by atoms with Gasteiger partial charge >= 0.3 is 0 Å². The van der Waals surface area contributed by atoms with Crippen LogP contribution in [0.4, 0.5) is 0 Å². The Morgan fingerprint density at radius 2 is 2.13 bits per heavy atom. The molecule has 0 aromatic carbocycles. The molecule has 1 saturated heterocycles. The second-order valence-corrected chi connectivity index (χ2v) is 6.01. The minimum atomic E-state index is 0.241. The second kappa shape index (κ2) is 5.28. The molecule has 15 heavy (non-hydrogen) atoms. The summed E-state index contributed by atoms with van der Waals surface area (Å²) in [4.78, 5) is 2.48. The molecule has 0 aromatic heterocycles. The maximum Gasteiger partial charge on any atom is 0.0597 e. The van der Waals surface area contributed by atoms with Gasteiger partial charge in [-0.3, -0.25) is 0 Å². The van der Waals surface area contributed by atoms with E-state index >= 15 is 0 Å². The quantitative estimate of drug-likeness (QED) is 0.734. The molecular weight excluding hydrogens is 188 g/mol. The van der Waals surface area contributed by atoms with Gasteiger partial charge in [0.05, 0.1) is 6.61 Å². The van der Waals surface area contributed by atoms with E-state index in [0.29, 0.717) is 11.3 Å². The molecule has 1 atom stereocenters. The number of hydrogen-bond donors (Lipinski definition) is 2. The molecule has 0 aliphatic carbocycles. The van der Waals surface area contributed by atoms with Gasteiger partial charge in [-0.1, -0.05) is 27.7 Å². The molecule has 0 aromatic rings. The summed E-state index contributed by atoms with van der Waals surface area (Å²) in [5, 5.41) is 12.7. The van der Waals surface area contributed by atoms with E-state index in [1.54, 1.807) is 0 Å². The zero-order chi connectivity index (χ0) is 11.5. The van der Waals surface area contributed by atoms with E-state index in [0.717, 1.165) is 26.2 Å². The predicted octanol–water partition coefficient (Wildman–Crippen LogP) is 0.935. The minimum Gasteiger partial charge on any atom is -0.395 e. The van der Waals surface area contributed by atoms with Crippen LogP contribution in [-0.4, -0.2) is 48.8 Å². The van der Waals surface area contributed by atoms with Gasteiger partial charge in [-0.15, -0.1) is 0 Å². The third kappa shape index (κ3) is 4.49. The minimum absolute atomic E-state index is 0.241. The molecule has 90 valence electrons. The van der Waals surface area contributed by atoms with E-state index in [9.17, 15) is 5.11 Å². The zero-order valence-corrected chi connectivity index (χ0v) is 10.6. The lowest BCUT2D eigenvalue weighted by atomic mass is 9.93. The van der Waals surface area contributed by atoms with Crippen molar-refractivity contribution in [1.82, 2.24) is 10.2 Å². The first-order valence-electron chi connectivity index (χ1n) is 5.99. The molecule has 0 amide bonds. The monoisotopic (exact) mass is 214 g/mol. The molecule has 3 heteroatoms. The molecule has 1 aliphatic heterocycles. The number of rotatable bonds is 3. The van der Waals surface area contributed by atoms with Crippen molar-refractivity contribution in [3.8, 4) is 0 Å². The van der Waals surface area contributed by atoms with Crippen LogP contribution in [0.15, 0.2) is 0 Å². The molecule has 0 radical (unpaired) electrons. The van der Waals surface area contributed by atoms with E-state index in [4.69, 9.17) is 0 Å². The normalized spacial score (nSPS) is 28.0. The Bertz CT molecular complexity index is 192. The highest BCUT2D eigenvalue weighted by Crippen LogP contribution is 2.19. The molecular formula is C12H26N2O. The summed E-state index contributed by atoms with van der Waals surface area (Å²) in [6.07, 6.45) is 0. The van der Waals surface area contributed by atoms with Crippen molar-refractivity contribution >= 4 is 0 Å². The van der Waals surface area contributed by atoms with Crippen LogP contribution < -0.4 is 5.32 Å². The van der Waals surface area contributed by atoms with Crippen molar-refractivity contribution in [2.75, 3.05) is 32.8 Å². The Kier molecular flexibility index (Phi) is 4.56. The topological polar surface area (TPSA) is 35.5 Å². The fourth-order valence-corrected chi connectivity index (χ4v) is 2.30. The van der Waals surface area contributed by atoms with E-state index in [1.807, 2.05) is 0 Å². The van der Waals surface area contributed by atoms with Gasteiger partial charge < -0.3 is 15.3 Å². The van der Waals surface area contributed by atoms with Gasteiger partial charge in [0.25, 0.3) is 0 Å². The third-order valence-electron chi connectivity index (χ3n) is 2.84. The predicted molar refractivity (Wildman–Crippen MR) is 63.9 cm³/mol. The van der Waals surface area contributed by atoms with Crippen molar-refractivity contribution in [3.05, 3.63) is 0 Å². The van der Waals surface area contributed by atoms with Crippen molar-refractivity contribution < 1.29 is 5.11 Å². The van der Waals surface area contributed by atoms with E-state index in [-0.39, 0.29) is 12.6 Å². The van der Waals surface area contributed by atoms with Crippen molar-refractivity contribution in [2.45, 2.75) is 33.7 Å². The lowest BCUT2D eigenvalue weighted by Gasteiger charge is -2.30. The van der Waals surface area contributed by atoms with E-state index in [2.05, 4.69) is 37.9 Å². The Morgan fingerprint density at radius 3 is 2.67 bits per heavy atom. The fraction of sp³-hybridized carbons (Fsp3) is 1.00. The maximum absolute atomic E-state index is 9.25. The SMILES string of the molecule is CC(C)CN1CC(CO)NCC(C)(C)C1. The van der Waals surface area contributed by atoms with Crippen molar-refractivity contribution in [3.63, 3.8) is 0 Å². The summed E-state index contributed by atoms with van der Waals surface area (Å²) in [6, 6.07) is 0.241. The lowest BCUT2D eigenvalue weighted by molar-refractivity contribution is 0.168. The molecule has 0 spiro atoms. The van der Waals surface area contributed by atoms with Crippen LogP contribution >= 0.6 is 0 Å². The smallest absolute Gasteiger partial charge is 0.0597 e. The first kappa shape index (κ1) is 12.9. The molecule has 0 bridgehead atoms. The Morgan fingerprint density at radius 1 is 1.47 bits per heavy atom. The summed E-state index contributed by atoms with van der Waals surface area (Å²) in [5.41, 5.74) is 0.304. The summed E-state index contributed by atoms with van der Waals surface area (Å²) in [6.45, 7) is 13.5. The summed E-state index contributed by atoms with van der Waals surface area (Å²) < 4.78 is 0. The largest absolute Gasteiger partial charge is 0.395 e. The van der Waals surface area contributed by atoms with Crippen LogP contribution in [0.2, 0.25) is 0 Å². The van der Waals surface area contributed by atoms with Gasteiger partial charge in [0.2, 0.25) is 0 Å². The first-order chi connectivity index (χ1) is 6.93. The average Bonchev–Trinajstić information content (AvgIpc) is 2.22. The second-order valence-electron chi connectivity index (χ2n) is 6.01. The standard InChI is InChI=1S/C12H26N2O/c1-10(2)5-14-6-11(7-15)13-8-12(3,4)9-14/h10-11,13,15H,5-9H2,1-4H3. The first-order valence-corrected chi connectivity index (χ1v) is 5.99. The van der Waals surface area contributed by atoms with Gasteiger partial charge in [-0.2, -0.15) is 0 Å². The van der Waals surface area contributed by atoms with Crippen molar-refractivity contribution in [1.29, 1.82) is 0 Å². The summed E-state index contributed by atoms with van der Waals surface area (Å²) in [7, 11) is 0. The van der Waals surface area contributed by atoms with Crippen LogP contribution in [0.1, 0.15) is 27.7 Å². The van der Waals surface area contributed by atoms with Gasteiger partial charge in [-0.25, -0.2) is 0 Å². The highest BCUT2D eigenvalue weighted by Gasteiger charge is 2.28. The Hall–Kier alpha value is -0.120. The van der Waals surface area contributed by atoms with E-state index in [1.165, 1.54) is 0 Å². The van der Waals surface area contributed by atoms with Crippen molar-refractivity contribution in [2.24, 2.45) is 11.3 Å². The molecule has 2 N–H and O–H groups in total. The maximum atomic E-state index is 9.25. The summed E-state index contributed by atoms with van der Waals surface area (Å²) >= 11 is 0. The average molecular weight is 214 g/mol. The van der Waals surface area contributed by atoms with Gasteiger partial charge in [0.1, 0.15) is 0 Å². The molecule has 3 nitrogen and oxygen atoms in total. The highest BCUT2D eigenvalue weighted by atomic mass is 16.3. The molecule has 1 unspecified atom stereocenters. The number of aliphatic hydroxyl groups excluding tert-OH is 1. The third-order valence-corrected chi connectivity index (χ3v) is 2.84. The van der Waals surface area contributed by atoms with Crippen LogP contribution in [-0.2, 0) is 0 Å². The fourth-order valence-electron chi connectivity index (χ4n) is 2.30. The van der Waals surface area contributed by atoms with E-state index < -0.39 is 0 Å². The number of nitrogens with one attached hydrogen (secondary N) is 1. The van der Waals surface area contributed by atoms with Gasteiger partial charge in [0, 0.05) is 32.2 Å². The Balaban J connectivity index is 2.59. The number of aliphatic hydroxyl groups is 1. The number of hydrogen-bond acceptors (Lipinski definition) is 3. The highest BCUT2D eigenvalue weighted by molar-refractivity contribution is 4.85. The Labute approximate surface area is 93.9 Å². The van der Waals surface area contributed by atoms with Crippen LogP contribution in [0.5, 0.6) is 0 Å². The lowest BCUT2D eigenvalue weighted by Crippen LogP contribution is -2.41. The summed E-state index contributed by atoms with van der Waals surface area (Å²) in [5.74, 6) is 0.693. The van der Waals surface area contributed by atoms with Crippen LogP contribution in [0, 0.1) is 11.3 Å². The van der Waals surface area contributed by atoms with Crippen LogP contribution in [0.25, 0.3) is 0 Å². The van der Waals surface area contributed by atoms with Gasteiger partial charge in [0.15, 0.2) is 0 Å². The number of nitrogens with zero attached hydrogens (tertiary/aromatic N) is 1. The molecule has 1 rings (SSSR count). The molecule has 0 saturated carbocycles. The molecule has 1 aliphatic rings. The molecule has 1 fully saturated rings. The van der Waals surface area contributed by atoms with Crippen LogP contribution in [0.3, 0.4) is 0 Å². The molecule has 1 heterocycles.